The minimum atomic E-state index is -0.309. The van der Waals surface area contributed by atoms with Crippen molar-refractivity contribution in [3.05, 3.63) is 167 Å². The fraction of sp³-hybridized carbons (Fsp3) is 0.0476. The van der Waals surface area contributed by atoms with Crippen molar-refractivity contribution in [1.82, 2.24) is 9.13 Å². The lowest BCUT2D eigenvalue weighted by Crippen LogP contribution is -2.07. The smallest absolute Gasteiger partial charge is 0.270 e. The number of benzene rings is 5. The number of nitrogens with zero attached hydrogens (tertiary/aromatic N) is 3. The second kappa shape index (κ2) is 10.6. The van der Waals surface area contributed by atoms with Crippen molar-refractivity contribution in [3.8, 4) is 33.6 Å². The van der Waals surface area contributed by atoms with Crippen LogP contribution >= 0.6 is 0 Å². The fourth-order valence-corrected chi connectivity index (χ4v) is 7.32. The third kappa shape index (κ3) is 4.19. The molecule has 5 nitrogen and oxygen atoms in total. The third-order valence-electron chi connectivity index (χ3n) is 9.32. The van der Waals surface area contributed by atoms with Gasteiger partial charge in [0.1, 0.15) is 0 Å². The molecule has 2 aromatic heterocycles. The number of para-hydroxylation sites is 2. The van der Waals surface area contributed by atoms with E-state index in [0.717, 1.165) is 68.4 Å². The molecule has 9 rings (SSSR count). The average molecular weight is 606 g/mol. The maximum Gasteiger partial charge on any atom is 0.270 e. The zero-order chi connectivity index (χ0) is 31.5. The van der Waals surface area contributed by atoms with Gasteiger partial charge in [0.05, 0.1) is 27.2 Å². The summed E-state index contributed by atoms with van der Waals surface area (Å²) in [6, 6.07) is 49.2. The molecule has 0 aliphatic heterocycles. The molecule has 0 saturated heterocycles. The van der Waals surface area contributed by atoms with Gasteiger partial charge in [-0.1, -0.05) is 97.1 Å². The Morgan fingerprint density at radius 1 is 0.681 bits per heavy atom. The molecule has 222 valence electrons. The highest BCUT2D eigenvalue weighted by atomic mass is 16.6. The topological polar surface area (TPSA) is 53.0 Å². The van der Waals surface area contributed by atoms with Gasteiger partial charge in [0, 0.05) is 61.9 Å². The third-order valence-corrected chi connectivity index (χ3v) is 9.32. The maximum atomic E-state index is 12.3. The minimum Gasteiger partial charge on any atom is -0.312 e. The van der Waals surface area contributed by atoms with Crippen LogP contribution in [0.4, 0.5) is 5.69 Å². The van der Waals surface area contributed by atoms with E-state index in [4.69, 9.17) is 0 Å². The first-order valence-corrected chi connectivity index (χ1v) is 15.8. The highest BCUT2D eigenvalue weighted by molar-refractivity contribution is 6.09. The van der Waals surface area contributed by atoms with Crippen molar-refractivity contribution in [1.29, 1.82) is 0 Å². The summed E-state index contributed by atoms with van der Waals surface area (Å²) in [7, 11) is 0. The summed E-state index contributed by atoms with van der Waals surface area (Å²) in [6.45, 7) is 0. The highest BCUT2D eigenvalue weighted by Crippen LogP contribution is 2.44. The molecule has 1 aliphatic carbocycles. The van der Waals surface area contributed by atoms with E-state index in [2.05, 4.69) is 100 Å². The predicted molar refractivity (Wildman–Crippen MR) is 190 cm³/mol. The lowest BCUT2D eigenvalue weighted by atomic mass is 9.94. The Bertz CT molecular complexity index is 2430. The summed E-state index contributed by atoms with van der Waals surface area (Å²) in [4.78, 5) is 12.0. The largest absolute Gasteiger partial charge is 0.312 e. The van der Waals surface area contributed by atoms with Crippen molar-refractivity contribution < 1.29 is 4.92 Å². The summed E-state index contributed by atoms with van der Waals surface area (Å²) in [5.41, 5.74) is 11.0. The summed E-state index contributed by atoms with van der Waals surface area (Å²) < 4.78 is 4.69. The lowest BCUT2D eigenvalue weighted by Gasteiger charge is -2.21. The summed E-state index contributed by atoms with van der Waals surface area (Å²) in [5.74, 6) is 0. The average Bonchev–Trinajstić information content (AvgIpc) is 3.64. The monoisotopic (exact) mass is 605 g/mol. The molecule has 47 heavy (non-hydrogen) atoms. The molecule has 2 heterocycles. The van der Waals surface area contributed by atoms with Gasteiger partial charge in [0.15, 0.2) is 0 Å². The highest BCUT2D eigenvalue weighted by Gasteiger charge is 2.26. The zero-order valence-corrected chi connectivity index (χ0v) is 25.4. The van der Waals surface area contributed by atoms with E-state index in [9.17, 15) is 10.1 Å². The standard InChI is InChI=1S/C42H27N3O2/c46-45(47)31-26-35(28-13-3-1-4-14-28)42(36(27-31)29-15-5-2-6-16-29)44-40-22-12-9-19-34(40)37-25-30(23-24-41(37)44)43-38-20-10-7-17-32(38)33-18-8-11-21-39(33)43/h1-5,7-11,13-15,17-21,23-27H,12,22H2. The fourth-order valence-electron chi connectivity index (χ4n) is 7.32. The van der Waals surface area contributed by atoms with Crippen molar-refractivity contribution in [2.45, 2.75) is 12.8 Å². The number of hydrogen-bond acceptors (Lipinski definition) is 2. The summed E-state index contributed by atoms with van der Waals surface area (Å²) in [5, 5.41) is 15.9. The van der Waals surface area contributed by atoms with E-state index in [1.807, 2.05) is 42.5 Å². The van der Waals surface area contributed by atoms with Crippen LogP contribution in [-0.4, -0.2) is 14.1 Å². The van der Waals surface area contributed by atoms with Crippen molar-refractivity contribution in [2.24, 2.45) is 0 Å². The number of hydrogen-bond donors (Lipinski definition) is 0. The quantitative estimate of drug-likeness (QED) is 0.145. The predicted octanol–water partition coefficient (Wildman–Crippen LogP) is 10.5. The summed E-state index contributed by atoms with van der Waals surface area (Å²) >= 11 is 0. The molecule has 1 aliphatic rings. The van der Waals surface area contributed by atoms with Gasteiger partial charge >= 0.3 is 0 Å². The first kappa shape index (κ1) is 27.0. The SMILES string of the molecule is O=[N+]([O-])c1cc(-c2c#cccc2)c(-n2c3c(c4cc(-n5c6ccccc6c6ccccc65)ccc42)C=CCC3)c(-c2ccccc2)c1. The Morgan fingerprint density at radius 2 is 1.38 bits per heavy atom. The second-order valence-corrected chi connectivity index (χ2v) is 11.9. The Kier molecular flexibility index (Phi) is 6.09. The van der Waals surface area contributed by atoms with Gasteiger partial charge in [-0.25, -0.2) is 0 Å². The van der Waals surface area contributed by atoms with Crippen LogP contribution in [0.3, 0.4) is 0 Å². The van der Waals surface area contributed by atoms with Gasteiger partial charge < -0.3 is 9.13 Å². The molecule has 0 spiro atoms. The van der Waals surface area contributed by atoms with Crippen LogP contribution in [-0.2, 0) is 6.42 Å². The van der Waals surface area contributed by atoms with E-state index < -0.39 is 0 Å². The van der Waals surface area contributed by atoms with Crippen LogP contribution in [0.1, 0.15) is 17.7 Å². The molecule has 0 N–H and O–H groups in total. The van der Waals surface area contributed by atoms with Gasteiger partial charge in [-0.15, -0.1) is 0 Å². The Balaban J connectivity index is 1.39. The van der Waals surface area contributed by atoms with Gasteiger partial charge in [-0.2, -0.15) is 0 Å². The van der Waals surface area contributed by atoms with E-state index in [1.54, 1.807) is 18.2 Å². The molecule has 0 amide bonds. The number of non-ortho nitro benzene ring substituents is 1. The van der Waals surface area contributed by atoms with Gasteiger partial charge in [-0.05, 0) is 60.9 Å². The van der Waals surface area contributed by atoms with Crippen molar-refractivity contribution >= 4 is 44.5 Å². The molecule has 0 saturated carbocycles. The van der Waals surface area contributed by atoms with Crippen molar-refractivity contribution in [3.63, 3.8) is 0 Å². The van der Waals surface area contributed by atoms with E-state index in [-0.39, 0.29) is 10.6 Å². The van der Waals surface area contributed by atoms with Gasteiger partial charge in [0.25, 0.3) is 5.69 Å². The maximum absolute atomic E-state index is 12.3. The molecule has 0 radical (unpaired) electrons. The molecule has 0 fully saturated rings. The number of nitro benzene ring substituents is 1. The minimum absolute atomic E-state index is 0.0405. The van der Waals surface area contributed by atoms with Gasteiger partial charge in [0.2, 0.25) is 0 Å². The van der Waals surface area contributed by atoms with E-state index in [1.165, 1.54) is 22.0 Å². The molecule has 0 bridgehead atoms. The Labute approximate surface area is 271 Å². The number of nitro groups is 1. The van der Waals surface area contributed by atoms with Crippen molar-refractivity contribution in [2.75, 3.05) is 0 Å². The Morgan fingerprint density at radius 3 is 2.11 bits per heavy atom. The van der Waals surface area contributed by atoms with Crippen LogP contribution in [0.25, 0.3) is 72.4 Å². The van der Waals surface area contributed by atoms with E-state index >= 15 is 0 Å². The number of allylic oxidation sites excluding steroid dienone is 1. The number of rotatable bonds is 5. The number of aromatic nitrogens is 2. The van der Waals surface area contributed by atoms with E-state index in [0.29, 0.717) is 0 Å². The first-order valence-electron chi connectivity index (χ1n) is 15.8. The molecule has 6 aromatic carbocycles. The van der Waals surface area contributed by atoms with Crippen LogP contribution < -0.4 is 0 Å². The van der Waals surface area contributed by atoms with Crippen LogP contribution in [0, 0.1) is 22.2 Å². The number of fused-ring (bicyclic) bond motifs is 6. The second-order valence-electron chi connectivity index (χ2n) is 11.9. The molecular weight excluding hydrogens is 578 g/mol. The molecule has 8 aromatic rings. The van der Waals surface area contributed by atoms with Crippen LogP contribution in [0.15, 0.2) is 133 Å². The molecule has 0 unspecified atom stereocenters. The molecule has 5 heteroatoms. The first-order chi connectivity index (χ1) is 23.2. The lowest BCUT2D eigenvalue weighted by molar-refractivity contribution is -0.384. The molecule has 0 atom stereocenters. The zero-order valence-electron chi connectivity index (χ0n) is 25.4. The van der Waals surface area contributed by atoms with Gasteiger partial charge in [-0.3, -0.25) is 10.1 Å². The normalized spacial score (nSPS) is 12.4. The Hall–Kier alpha value is -6.38. The summed E-state index contributed by atoms with van der Waals surface area (Å²) in [6.07, 6.45) is 6.24. The van der Waals surface area contributed by atoms with Crippen LogP contribution in [0.2, 0.25) is 0 Å². The van der Waals surface area contributed by atoms with Crippen LogP contribution in [0.5, 0.6) is 0 Å². The molecular formula is C42H27N3O2.